The van der Waals surface area contributed by atoms with E-state index in [9.17, 15) is 4.79 Å². The van der Waals surface area contributed by atoms with Crippen LogP contribution in [0.25, 0.3) is 0 Å². The molecule has 0 saturated carbocycles. The number of rotatable bonds is 4. The predicted molar refractivity (Wildman–Crippen MR) is 97.2 cm³/mol. The van der Waals surface area contributed by atoms with Gasteiger partial charge in [0.1, 0.15) is 5.60 Å². The molecule has 2 atom stereocenters. The monoisotopic (exact) mass is 338 g/mol. The quantitative estimate of drug-likeness (QED) is 0.828. The van der Waals surface area contributed by atoms with Crippen molar-refractivity contribution in [1.29, 1.82) is 0 Å². The number of hydrogen-bond acceptors (Lipinski definition) is 4. The highest BCUT2D eigenvalue weighted by molar-refractivity contribution is 7.08. The van der Waals surface area contributed by atoms with Gasteiger partial charge in [0.2, 0.25) is 0 Å². The molecule has 1 N–H and O–H groups in total. The first-order chi connectivity index (χ1) is 10.8. The van der Waals surface area contributed by atoms with Gasteiger partial charge in [-0.2, -0.15) is 11.3 Å². The lowest BCUT2D eigenvalue weighted by atomic mass is 10.0. The van der Waals surface area contributed by atoms with Crippen molar-refractivity contribution < 1.29 is 9.53 Å². The molecular formula is C18H30N2O2S. The minimum atomic E-state index is -0.436. The molecule has 1 aromatic heterocycles. The molecule has 130 valence electrons. The minimum Gasteiger partial charge on any atom is -0.444 e. The van der Waals surface area contributed by atoms with Crippen molar-refractivity contribution in [2.24, 2.45) is 0 Å². The summed E-state index contributed by atoms with van der Waals surface area (Å²) in [6.45, 7) is 8.79. The van der Waals surface area contributed by atoms with Crippen molar-refractivity contribution in [2.45, 2.75) is 77.5 Å². The van der Waals surface area contributed by atoms with E-state index in [1.165, 1.54) is 18.5 Å². The van der Waals surface area contributed by atoms with Crippen LogP contribution >= 0.6 is 11.3 Å². The van der Waals surface area contributed by atoms with E-state index in [4.69, 9.17) is 4.74 Å². The molecule has 1 amide bonds. The molecule has 0 aromatic carbocycles. The smallest absolute Gasteiger partial charge is 0.410 e. The van der Waals surface area contributed by atoms with Gasteiger partial charge in [0.15, 0.2) is 0 Å². The normalized spacial score (nSPS) is 20.7. The molecule has 2 heterocycles. The fourth-order valence-corrected chi connectivity index (χ4v) is 3.68. The van der Waals surface area contributed by atoms with Gasteiger partial charge >= 0.3 is 6.09 Å². The van der Waals surface area contributed by atoms with Crippen LogP contribution in [0.5, 0.6) is 0 Å². The molecule has 0 bridgehead atoms. The fourth-order valence-electron chi connectivity index (χ4n) is 3.08. The summed E-state index contributed by atoms with van der Waals surface area (Å²) < 4.78 is 5.62. The Morgan fingerprint density at radius 2 is 2.22 bits per heavy atom. The topological polar surface area (TPSA) is 41.6 Å². The number of carbonyl (C=O) groups is 1. The Hall–Kier alpha value is -1.23. The van der Waals surface area contributed by atoms with Gasteiger partial charge < -0.3 is 15.0 Å². The van der Waals surface area contributed by atoms with Crippen LogP contribution in [0.15, 0.2) is 16.8 Å². The first-order valence-corrected chi connectivity index (χ1v) is 9.58. The lowest BCUT2D eigenvalue weighted by molar-refractivity contribution is 0.0155. The van der Waals surface area contributed by atoms with Crippen molar-refractivity contribution in [3.05, 3.63) is 16.8 Å². The van der Waals surface area contributed by atoms with Gasteiger partial charge in [-0.05, 0) is 58.4 Å². The first-order valence-electron chi connectivity index (χ1n) is 8.63. The van der Waals surface area contributed by atoms with E-state index in [-0.39, 0.29) is 12.1 Å². The number of anilines is 1. The lowest BCUT2D eigenvalue weighted by Gasteiger charge is -2.33. The third-order valence-corrected chi connectivity index (χ3v) is 4.75. The van der Waals surface area contributed by atoms with Gasteiger partial charge in [0.25, 0.3) is 0 Å². The summed E-state index contributed by atoms with van der Waals surface area (Å²) >= 11 is 1.70. The summed E-state index contributed by atoms with van der Waals surface area (Å²) in [5, 5.41) is 7.73. The highest BCUT2D eigenvalue weighted by Gasteiger charge is 2.30. The van der Waals surface area contributed by atoms with Crippen LogP contribution < -0.4 is 5.32 Å². The van der Waals surface area contributed by atoms with Crippen LogP contribution in [0, 0.1) is 0 Å². The standard InChI is InChI=1S/C18H30N2O2S/c1-14(19-15-9-11-23-13-15)12-16-8-6-5-7-10-20(16)17(21)22-18(2,3)4/h9,11,13-14,16,19H,5-8,10,12H2,1-4H3. The van der Waals surface area contributed by atoms with E-state index < -0.39 is 5.60 Å². The van der Waals surface area contributed by atoms with E-state index in [1.54, 1.807) is 11.3 Å². The van der Waals surface area contributed by atoms with Crippen LogP contribution in [0.1, 0.15) is 59.8 Å². The second-order valence-corrected chi connectivity index (χ2v) is 8.25. The summed E-state index contributed by atoms with van der Waals surface area (Å²) in [4.78, 5) is 14.5. The summed E-state index contributed by atoms with van der Waals surface area (Å²) in [6, 6.07) is 2.69. The maximum atomic E-state index is 12.6. The number of amides is 1. The molecule has 0 spiro atoms. The number of nitrogens with one attached hydrogen (secondary N) is 1. The Kier molecular flexibility index (Phi) is 6.33. The molecular weight excluding hydrogens is 308 g/mol. The van der Waals surface area contributed by atoms with Crippen LogP contribution in [-0.2, 0) is 4.74 Å². The van der Waals surface area contributed by atoms with E-state index in [0.717, 1.165) is 25.8 Å². The Morgan fingerprint density at radius 1 is 1.43 bits per heavy atom. The van der Waals surface area contributed by atoms with Gasteiger partial charge in [-0.15, -0.1) is 0 Å². The van der Waals surface area contributed by atoms with Crippen LogP contribution in [0.4, 0.5) is 10.5 Å². The summed E-state index contributed by atoms with van der Waals surface area (Å²) in [7, 11) is 0. The molecule has 23 heavy (non-hydrogen) atoms. The van der Waals surface area contributed by atoms with Gasteiger partial charge in [-0.25, -0.2) is 4.79 Å². The Labute approximate surface area is 144 Å². The number of ether oxygens (including phenoxy) is 1. The SMILES string of the molecule is CC(CC1CCCCCN1C(=O)OC(C)(C)C)Nc1ccsc1. The predicted octanol–water partition coefficient (Wildman–Crippen LogP) is 5.12. The van der Waals surface area contributed by atoms with Crippen molar-refractivity contribution >= 4 is 23.1 Å². The maximum absolute atomic E-state index is 12.6. The van der Waals surface area contributed by atoms with E-state index in [1.807, 2.05) is 25.7 Å². The second-order valence-electron chi connectivity index (χ2n) is 7.47. The van der Waals surface area contributed by atoms with Crippen LogP contribution in [0.3, 0.4) is 0 Å². The number of likely N-dealkylation sites (tertiary alicyclic amines) is 1. The summed E-state index contributed by atoms with van der Waals surface area (Å²) in [6.07, 6.45) is 5.32. The zero-order valence-electron chi connectivity index (χ0n) is 14.8. The van der Waals surface area contributed by atoms with Crippen LogP contribution in [0.2, 0.25) is 0 Å². The minimum absolute atomic E-state index is 0.160. The Bertz CT molecular complexity index is 482. The van der Waals surface area contributed by atoms with E-state index in [0.29, 0.717) is 6.04 Å². The molecule has 1 aliphatic heterocycles. The molecule has 1 aromatic rings. The summed E-state index contributed by atoms with van der Waals surface area (Å²) in [5.41, 5.74) is 0.731. The summed E-state index contributed by atoms with van der Waals surface area (Å²) in [5.74, 6) is 0. The second kappa shape index (κ2) is 8.04. The maximum Gasteiger partial charge on any atom is 0.410 e. The average Bonchev–Trinajstić information content (AvgIpc) is 2.81. The lowest BCUT2D eigenvalue weighted by Crippen LogP contribution is -2.44. The number of carbonyl (C=O) groups excluding carboxylic acids is 1. The van der Waals surface area contributed by atoms with E-state index >= 15 is 0 Å². The number of nitrogens with zero attached hydrogens (tertiary/aromatic N) is 1. The fraction of sp³-hybridized carbons (Fsp3) is 0.722. The molecule has 2 unspecified atom stereocenters. The molecule has 1 fully saturated rings. The van der Waals surface area contributed by atoms with Gasteiger partial charge in [-0.3, -0.25) is 0 Å². The van der Waals surface area contributed by atoms with Gasteiger partial charge in [0.05, 0.1) is 0 Å². The van der Waals surface area contributed by atoms with Crippen molar-refractivity contribution in [3.8, 4) is 0 Å². The highest BCUT2D eigenvalue weighted by Crippen LogP contribution is 2.24. The Balaban J connectivity index is 1.98. The molecule has 1 saturated heterocycles. The van der Waals surface area contributed by atoms with Gasteiger partial charge in [0, 0.05) is 29.7 Å². The number of hydrogen-bond donors (Lipinski definition) is 1. The zero-order chi connectivity index (χ0) is 16.9. The third-order valence-electron chi connectivity index (χ3n) is 4.07. The van der Waals surface area contributed by atoms with Crippen LogP contribution in [-0.4, -0.2) is 35.2 Å². The molecule has 0 aliphatic carbocycles. The molecule has 4 nitrogen and oxygen atoms in total. The molecule has 2 rings (SSSR count). The van der Waals surface area contributed by atoms with E-state index in [2.05, 4.69) is 29.1 Å². The zero-order valence-corrected chi connectivity index (χ0v) is 15.6. The van der Waals surface area contributed by atoms with Gasteiger partial charge in [-0.1, -0.05) is 12.8 Å². The van der Waals surface area contributed by atoms with Crippen molar-refractivity contribution in [2.75, 3.05) is 11.9 Å². The molecule has 1 aliphatic rings. The molecule has 0 radical (unpaired) electrons. The average molecular weight is 339 g/mol. The van der Waals surface area contributed by atoms with Crippen molar-refractivity contribution in [1.82, 2.24) is 4.90 Å². The number of thiophene rings is 1. The first kappa shape index (κ1) is 18.1. The van der Waals surface area contributed by atoms with Crippen molar-refractivity contribution in [3.63, 3.8) is 0 Å². The largest absolute Gasteiger partial charge is 0.444 e. The molecule has 5 heteroatoms. The third kappa shape index (κ3) is 6.05. The highest BCUT2D eigenvalue weighted by atomic mass is 32.1. The Morgan fingerprint density at radius 3 is 2.87 bits per heavy atom.